The number of sulfonamides is 1. The number of nitrogen functional groups attached to an aromatic ring is 1. The zero-order chi connectivity index (χ0) is 13.6. The van der Waals surface area contributed by atoms with Crippen LogP contribution in [0.15, 0.2) is 17.0 Å². The quantitative estimate of drug-likeness (QED) is 0.821. The van der Waals surface area contributed by atoms with Crippen molar-refractivity contribution in [3.8, 4) is 0 Å². The van der Waals surface area contributed by atoms with Gasteiger partial charge in [0.25, 0.3) is 0 Å². The predicted octanol–water partition coefficient (Wildman–Crippen LogP) is 1.63. The highest BCUT2D eigenvalue weighted by Crippen LogP contribution is 2.44. The molecule has 1 aromatic rings. The zero-order valence-electron chi connectivity index (χ0n) is 9.83. The van der Waals surface area contributed by atoms with Crippen LogP contribution in [-0.2, 0) is 10.0 Å². The van der Waals surface area contributed by atoms with Crippen LogP contribution in [0, 0.1) is 17.0 Å². The summed E-state index contributed by atoms with van der Waals surface area (Å²) in [5, 5.41) is 0. The summed E-state index contributed by atoms with van der Waals surface area (Å²) < 4.78 is 52.9. The van der Waals surface area contributed by atoms with Crippen molar-refractivity contribution in [1.82, 2.24) is 4.72 Å². The fraction of sp³-hybridized carbons (Fsp3) is 0.455. The van der Waals surface area contributed by atoms with E-state index in [-0.39, 0.29) is 17.6 Å². The molecule has 1 aromatic carbocycles. The van der Waals surface area contributed by atoms with Crippen LogP contribution < -0.4 is 10.5 Å². The van der Waals surface area contributed by atoms with Crippen molar-refractivity contribution in [2.45, 2.75) is 24.7 Å². The van der Waals surface area contributed by atoms with Crippen molar-refractivity contribution in [2.24, 2.45) is 5.41 Å². The van der Waals surface area contributed by atoms with Crippen LogP contribution in [0.2, 0.25) is 0 Å². The first-order valence-corrected chi connectivity index (χ1v) is 6.96. The molecule has 7 heteroatoms. The maximum absolute atomic E-state index is 13.5. The minimum absolute atomic E-state index is 0.0895. The number of nitrogens with one attached hydrogen (secondary N) is 1. The molecule has 1 aliphatic carbocycles. The van der Waals surface area contributed by atoms with Gasteiger partial charge in [0, 0.05) is 12.2 Å². The Kier molecular flexibility index (Phi) is 3.06. The van der Waals surface area contributed by atoms with Crippen LogP contribution in [0.4, 0.5) is 14.5 Å². The van der Waals surface area contributed by atoms with Gasteiger partial charge in [-0.25, -0.2) is 21.9 Å². The molecule has 0 radical (unpaired) electrons. The van der Waals surface area contributed by atoms with E-state index in [1.54, 1.807) is 0 Å². The molecule has 1 fully saturated rings. The first-order valence-electron chi connectivity index (χ1n) is 5.48. The predicted molar refractivity (Wildman–Crippen MR) is 63.3 cm³/mol. The SMILES string of the molecule is CC1(CNS(=O)(=O)c2c(F)cc(N)cc2F)CC1. The molecule has 2 rings (SSSR count). The van der Waals surface area contributed by atoms with Gasteiger partial charge in [0.1, 0.15) is 11.6 Å². The summed E-state index contributed by atoms with van der Waals surface area (Å²) in [4.78, 5) is -0.971. The van der Waals surface area contributed by atoms with Crippen molar-refractivity contribution in [3.05, 3.63) is 23.8 Å². The normalized spacial score (nSPS) is 17.7. The first-order chi connectivity index (χ1) is 8.23. The van der Waals surface area contributed by atoms with Gasteiger partial charge in [-0.15, -0.1) is 0 Å². The fourth-order valence-electron chi connectivity index (χ4n) is 1.57. The van der Waals surface area contributed by atoms with Crippen molar-refractivity contribution in [3.63, 3.8) is 0 Å². The highest BCUT2D eigenvalue weighted by atomic mass is 32.2. The van der Waals surface area contributed by atoms with E-state index in [1.165, 1.54) is 0 Å². The first kappa shape index (κ1) is 13.2. The standard InChI is InChI=1S/C11H14F2N2O2S/c1-11(2-3-11)6-15-18(16,17)10-8(12)4-7(14)5-9(10)13/h4-5,15H,2-3,6,14H2,1H3. The molecule has 0 spiro atoms. The second-order valence-corrected chi connectivity index (χ2v) is 6.65. The summed E-state index contributed by atoms with van der Waals surface area (Å²) in [5.41, 5.74) is 4.99. The van der Waals surface area contributed by atoms with Gasteiger partial charge >= 0.3 is 0 Å². The van der Waals surface area contributed by atoms with Crippen LogP contribution in [0.5, 0.6) is 0 Å². The molecular formula is C11H14F2N2O2S. The minimum atomic E-state index is -4.19. The lowest BCUT2D eigenvalue weighted by Crippen LogP contribution is -2.30. The number of nitrogens with two attached hydrogens (primary N) is 1. The number of halogens is 2. The number of hydrogen-bond donors (Lipinski definition) is 2. The number of hydrogen-bond acceptors (Lipinski definition) is 3. The molecule has 0 atom stereocenters. The number of benzene rings is 1. The van der Waals surface area contributed by atoms with E-state index in [0.29, 0.717) is 0 Å². The van der Waals surface area contributed by atoms with Gasteiger partial charge in [0.05, 0.1) is 0 Å². The van der Waals surface area contributed by atoms with E-state index in [1.807, 2.05) is 6.92 Å². The molecule has 0 amide bonds. The van der Waals surface area contributed by atoms with Crippen molar-refractivity contribution >= 4 is 15.7 Å². The van der Waals surface area contributed by atoms with Crippen LogP contribution >= 0.6 is 0 Å². The molecular weight excluding hydrogens is 262 g/mol. The second-order valence-electron chi connectivity index (χ2n) is 4.95. The summed E-state index contributed by atoms with van der Waals surface area (Å²) in [6.45, 7) is 2.09. The maximum Gasteiger partial charge on any atom is 0.246 e. The molecule has 4 nitrogen and oxygen atoms in total. The Morgan fingerprint density at radius 1 is 1.33 bits per heavy atom. The molecule has 18 heavy (non-hydrogen) atoms. The van der Waals surface area contributed by atoms with Crippen molar-refractivity contribution < 1.29 is 17.2 Å². The molecule has 0 bridgehead atoms. The molecule has 100 valence electrons. The van der Waals surface area contributed by atoms with Gasteiger partial charge in [-0.05, 0) is 30.4 Å². The highest BCUT2D eigenvalue weighted by Gasteiger charge is 2.38. The lowest BCUT2D eigenvalue weighted by atomic mass is 10.2. The van der Waals surface area contributed by atoms with E-state index in [0.717, 1.165) is 25.0 Å². The third-order valence-electron chi connectivity index (χ3n) is 3.08. The largest absolute Gasteiger partial charge is 0.399 e. The zero-order valence-corrected chi connectivity index (χ0v) is 10.7. The topological polar surface area (TPSA) is 72.2 Å². The Hall–Kier alpha value is -1.21. The van der Waals surface area contributed by atoms with Gasteiger partial charge < -0.3 is 5.73 Å². The van der Waals surface area contributed by atoms with E-state index in [9.17, 15) is 17.2 Å². The summed E-state index contributed by atoms with van der Waals surface area (Å²) >= 11 is 0. The lowest BCUT2D eigenvalue weighted by Gasteiger charge is -2.12. The highest BCUT2D eigenvalue weighted by molar-refractivity contribution is 7.89. The second kappa shape index (κ2) is 4.17. The van der Waals surface area contributed by atoms with Gasteiger partial charge in [0.15, 0.2) is 4.90 Å². The molecule has 0 aromatic heterocycles. The van der Waals surface area contributed by atoms with E-state index in [2.05, 4.69) is 4.72 Å². The monoisotopic (exact) mass is 276 g/mol. The Labute approximate surface area is 104 Å². The van der Waals surface area contributed by atoms with Crippen LogP contribution in [0.25, 0.3) is 0 Å². The van der Waals surface area contributed by atoms with Gasteiger partial charge in [0.2, 0.25) is 10.0 Å². The van der Waals surface area contributed by atoms with Crippen molar-refractivity contribution in [1.29, 1.82) is 0 Å². The van der Waals surface area contributed by atoms with Crippen LogP contribution in [0.1, 0.15) is 19.8 Å². The van der Waals surface area contributed by atoms with Crippen molar-refractivity contribution in [2.75, 3.05) is 12.3 Å². The van der Waals surface area contributed by atoms with Gasteiger partial charge in [-0.3, -0.25) is 0 Å². The Balaban J connectivity index is 2.29. The number of anilines is 1. The summed E-state index contributed by atoms with van der Waals surface area (Å²) in [6.07, 6.45) is 1.81. The van der Waals surface area contributed by atoms with E-state index in [4.69, 9.17) is 5.73 Å². The smallest absolute Gasteiger partial charge is 0.246 e. The minimum Gasteiger partial charge on any atom is -0.399 e. The Morgan fingerprint density at radius 2 is 1.83 bits per heavy atom. The third kappa shape index (κ3) is 2.62. The summed E-state index contributed by atoms with van der Waals surface area (Å²) in [6, 6.07) is 1.58. The van der Waals surface area contributed by atoms with E-state index >= 15 is 0 Å². The molecule has 0 saturated heterocycles. The van der Waals surface area contributed by atoms with Crippen LogP contribution in [0.3, 0.4) is 0 Å². The summed E-state index contributed by atoms with van der Waals surface area (Å²) in [5.74, 6) is -2.36. The molecule has 0 unspecified atom stereocenters. The third-order valence-corrected chi connectivity index (χ3v) is 4.53. The van der Waals surface area contributed by atoms with Gasteiger partial charge in [-0.2, -0.15) is 0 Å². The molecule has 0 aliphatic heterocycles. The van der Waals surface area contributed by atoms with Gasteiger partial charge in [-0.1, -0.05) is 6.92 Å². The lowest BCUT2D eigenvalue weighted by molar-refractivity contribution is 0.500. The Morgan fingerprint density at radius 3 is 2.28 bits per heavy atom. The van der Waals surface area contributed by atoms with E-state index < -0.39 is 26.6 Å². The average Bonchev–Trinajstić information content (AvgIpc) is 2.92. The average molecular weight is 276 g/mol. The molecule has 0 heterocycles. The maximum atomic E-state index is 13.5. The molecule has 3 N–H and O–H groups in total. The fourth-order valence-corrected chi connectivity index (χ4v) is 2.88. The Bertz CT molecular complexity index is 560. The summed E-state index contributed by atoms with van der Waals surface area (Å²) in [7, 11) is -4.19. The van der Waals surface area contributed by atoms with Crippen LogP contribution in [-0.4, -0.2) is 15.0 Å². The number of rotatable bonds is 4. The molecule has 1 saturated carbocycles. The molecule has 1 aliphatic rings.